The maximum absolute atomic E-state index is 11.8. The quantitative estimate of drug-likeness (QED) is 0.480. The van der Waals surface area contributed by atoms with Gasteiger partial charge in [0.05, 0.1) is 0 Å². The van der Waals surface area contributed by atoms with Gasteiger partial charge in [0.15, 0.2) is 0 Å². The van der Waals surface area contributed by atoms with Crippen LogP contribution in [0.25, 0.3) is 0 Å². The number of unbranched alkanes of at least 4 members (excludes halogenated alkanes) is 1. The number of nitrogen functional groups attached to an aromatic ring is 1. The predicted octanol–water partition coefficient (Wildman–Crippen LogP) is 2.07. The Morgan fingerprint density at radius 3 is 2.38 bits per heavy atom. The van der Waals surface area contributed by atoms with Gasteiger partial charge in [-0.1, -0.05) is 19.8 Å². The number of amides is 2. The van der Waals surface area contributed by atoms with E-state index in [0.717, 1.165) is 32.1 Å². The van der Waals surface area contributed by atoms with E-state index in [4.69, 9.17) is 11.5 Å². The molecule has 1 atom stereocenters. The molecule has 0 aliphatic heterocycles. The smallest absolute Gasteiger partial charge is 0.251 e. The number of anilines is 1. The highest BCUT2D eigenvalue weighted by Crippen LogP contribution is 2.14. The number of rotatable bonds is 9. The fraction of sp³-hybridized carbons (Fsp3) is 0.500. The van der Waals surface area contributed by atoms with Gasteiger partial charge in [-0.15, -0.1) is 0 Å². The Labute approximate surface area is 126 Å². The van der Waals surface area contributed by atoms with Crippen LogP contribution in [0.3, 0.4) is 0 Å². The highest BCUT2D eigenvalue weighted by molar-refractivity contribution is 5.94. The molecule has 0 saturated heterocycles. The van der Waals surface area contributed by atoms with Crippen LogP contribution in [0.4, 0.5) is 5.69 Å². The van der Waals surface area contributed by atoms with Gasteiger partial charge in [0, 0.05) is 23.7 Å². The van der Waals surface area contributed by atoms with Gasteiger partial charge in [0.1, 0.15) is 0 Å². The fourth-order valence-corrected chi connectivity index (χ4v) is 2.23. The zero-order chi connectivity index (χ0) is 15.7. The molecule has 116 valence electrons. The number of carbonyl (C=O) groups excluding carboxylic acids is 2. The Kier molecular flexibility index (Phi) is 7.29. The van der Waals surface area contributed by atoms with Gasteiger partial charge in [-0.05, 0) is 43.5 Å². The molecule has 1 rings (SSSR count). The summed E-state index contributed by atoms with van der Waals surface area (Å²) in [5.74, 6) is -0.361. The third-order valence-electron chi connectivity index (χ3n) is 3.48. The molecule has 0 spiro atoms. The summed E-state index contributed by atoms with van der Waals surface area (Å²) in [6.07, 6.45) is 4.32. The number of primary amides is 1. The largest absolute Gasteiger partial charge is 0.399 e. The molecule has 0 heterocycles. The molecule has 0 radical (unpaired) electrons. The minimum absolute atomic E-state index is 0.0391. The second-order valence-electron chi connectivity index (χ2n) is 5.26. The maximum Gasteiger partial charge on any atom is 0.251 e. The zero-order valence-corrected chi connectivity index (χ0v) is 12.6. The fourth-order valence-electron chi connectivity index (χ4n) is 2.23. The van der Waals surface area contributed by atoms with Crippen molar-refractivity contribution < 1.29 is 9.59 Å². The summed E-state index contributed by atoms with van der Waals surface area (Å²) in [6, 6.07) is 6.82. The van der Waals surface area contributed by atoms with Crippen LogP contribution in [0.15, 0.2) is 24.3 Å². The Morgan fingerprint density at radius 2 is 1.81 bits per heavy atom. The molecule has 1 unspecified atom stereocenters. The molecule has 21 heavy (non-hydrogen) atoms. The number of carbonyl (C=O) groups is 2. The molecule has 0 fully saturated rings. The lowest BCUT2D eigenvalue weighted by Gasteiger charge is -2.12. The van der Waals surface area contributed by atoms with Crippen molar-refractivity contribution in [2.75, 3.05) is 12.3 Å². The van der Waals surface area contributed by atoms with Crippen LogP contribution in [-0.2, 0) is 4.79 Å². The van der Waals surface area contributed by atoms with Crippen molar-refractivity contribution in [3.05, 3.63) is 29.8 Å². The number of benzene rings is 1. The van der Waals surface area contributed by atoms with Crippen molar-refractivity contribution >= 4 is 17.5 Å². The third-order valence-corrected chi connectivity index (χ3v) is 3.48. The summed E-state index contributed by atoms with van der Waals surface area (Å²) >= 11 is 0. The van der Waals surface area contributed by atoms with E-state index in [1.54, 1.807) is 24.3 Å². The van der Waals surface area contributed by atoms with E-state index in [0.29, 0.717) is 17.8 Å². The molecule has 2 amide bonds. The molecule has 1 aromatic rings. The minimum atomic E-state index is -0.220. The first kappa shape index (κ1) is 17.0. The van der Waals surface area contributed by atoms with Crippen molar-refractivity contribution in [2.24, 2.45) is 11.7 Å². The number of hydrogen-bond donors (Lipinski definition) is 3. The number of hydrogen-bond acceptors (Lipinski definition) is 3. The first-order valence-corrected chi connectivity index (χ1v) is 7.47. The molecule has 0 saturated carbocycles. The van der Waals surface area contributed by atoms with Gasteiger partial charge in [0.2, 0.25) is 5.91 Å². The average molecular weight is 291 g/mol. The molecule has 0 aliphatic carbocycles. The van der Waals surface area contributed by atoms with Crippen molar-refractivity contribution in [2.45, 2.75) is 39.0 Å². The van der Waals surface area contributed by atoms with Gasteiger partial charge >= 0.3 is 0 Å². The Bertz CT molecular complexity index is 457. The van der Waals surface area contributed by atoms with E-state index < -0.39 is 0 Å². The molecule has 5 N–H and O–H groups in total. The number of nitrogens with one attached hydrogen (secondary N) is 1. The van der Waals surface area contributed by atoms with E-state index in [2.05, 4.69) is 5.32 Å². The zero-order valence-electron chi connectivity index (χ0n) is 12.6. The molecular formula is C16H25N3O2. The standard InChI is InChI=1S/C16H25N3O2/c1-2-5-12(15(18)20)6-3-4-11-19-16(21)13-7-9-14(17)10-8-13/h7-10,12H,2-6,11,17H2,1H3,(H2,18,20)(H,19,21). The van der Waals surface area contributed by atoms with E-state index in [-0.39, 0.29) is 17.7 Å². The second-order valence-corrected chi connectivity index (χ2v) is 5.26. The van der Waals surface area contributed by atoms with Crippen molar-refractivity contribution in [3.8, 4) is 0 Å². The summed E-state index contributed by atoms with van der Waals surface area (Å²) in [7, 11) is 0. The van der Waals surface area contributed by atoms with E-state index in [9.17, 15) is 9.59 Å². The van der Waals surface area contributed by atoms with E-state index in [1.807, 2.05) is 6.92 Å². The van der Waals surface area contributed by atoms with Crippen molar-refractivity contribution in [1.29, 1.82) is 0 Å². The number of nitrogens with two attached hydrogens (primary N) is 2. The van der Waals surface area contributed by atoms with Gasteiger partial charge < -0.3 is 16.8 Å². The minimum Gasteiger partial charge on any atom is -0.399 e. The first-order valence-electron chi connectivity index (χ1n) is 7.47. The maximum atomic E-state index is 11.8. The lowest BCUT2D eigenvalue weighted by Crippen LogP contribution is -2.25. The van der Waals surface area contributed by atoms with Gasteiger partial charge in [-0.3, -0.25) is 9.59 Å². The molecule has 0 bridgehead atoms. The molecule has 1 aromatic carbocycles. The third kappa shape index (κ3) is 6.29. The summed E-state index contributed by atoms with van der Waals surface area (Å²) in [5.41, 5.74) is 12.2. The van der Waals surface area contributed by atoms with Crippen molar-refractivity contribution in [3.63, 3.8) is 0 Å². The lowest BCUT2D eigenvalue weighted by molar-refractivity contribution is -0.122. The first-order chi connectivity index (χ1) is 10.0. The summed E-state index contributed by atoms with van der Waals surface area (Å²) in [4.78, 5) is 23.1. The molecule has 0 aromatic heterocycles. The lowest BCUT2D eigenvalue weighted by atomic mass is 9.96. The second kappa shape index (κ2) is 9.00. The van der Waals surface area contributed by atoms with Crippen LogP contribution >= 0.6 is 0 Å². The summed E-state index contributed by atoms with van der Waals surface area (Å²) in [6.45, 7) is 2.64. The van der Waals surface area contributed by atoms with Crippen LogP contribution in [0.2, 0.25) is 0 Å². The van der Waals surface area contributed by atoms with Crippen LogP contribution in [-0.4, -0.2) is 18.4 Å². The Balaban J connectivity index is 2.23. The normalized spacial score (nSPS) is 11.9. The van der Waals surface area contributed by atoms with Gasteiger partial charge in [-0.25, -0.2) is 0 Å². The predicted molar refractivity (Wildman–Crippen MR) is 84.6 cm³/mol. The SMILES string of the molecule is CCCC(CCCCNC(=O)c1ccc(N)cc1)C(N)=O. The van der Waals surface area contributed by atoms with Crippen LogP contribution < -0.4 is 16.8 Å². The van der Waals surface area contributed by atoms with Crippen LogP contribution in [0.1, 0.15) is 49.4 Å². The van der Waals surface area contributed by atoms with E-state index in [1.165, 1.54) is 0 Å². The Morgan fingerprint density at radius 1 is 1.14 bits per heavy atom. The molecule has 5 nitrogen and oxygen atoms in total. The molecule has 0 aliphatic rings. The molecule has 5 heteroatoms. The summed E-state index contributed by atoms with van der Waals surface area (Å²) < 4.78 is 0. The highest BCUT2D eigenvalue weighted by Gasteiger charge is 2.13. The van der Waals surface area contributed by atoms with Crippen LogP contribution in [0.5, 0.6) is 0 Å². The summed E-state index contributed by atoms with van der Waals surface area (Å²) in [5, 5.41) is 2.86. The van der Waals surface area contributed by atoms with Gasteiger partial charge in [0.25, 0.3) is 5.91 Å². The average Bonchev–Trinajstić information content (AvgIpc) is 2.46. The van der Waals surface area contributed by atoms with Crippen LogP contribution in [0, 0.1) is 5.92 Å². The monoisotopic (exact) mass is 291 g/mol. The van der Waals surface area contributed by atoms with Crippen molar-refractivity contribution in [1.82, 2.24) is 5.32 Å². The Hall–Kier alpha value is -2.04. The highest BCUT2D eigenvalue weighted by atomic mass is 16.2. The van der Waals surface area contributed by atoms with E-state index >= 15 is 0 Å². The van der Waals surface area contributed by atoms with Gasteiger partial charge in [-0.2, -0.15) is 0 Å². The molecular weight excluding hydrogens is 266 g/mol. The topological polar surface area (TPSA) is 98.2 Å².